The maximum atomic E-state index is 5.48. The zero-order valence-corrected chi connectivity index (χ0v) is 19.3. The van der Waals surface area contributed by atoms with Gasteiger partial charge in [-0.2, -0.15) is 0 Å². The van der Waals surface area contributed by atoms with E-state index >= 15 is 0 Å². The van der Waals surface area contributed by atoms with Gasteiger partial charge in [0.2, 0.25) is 0 Å². The molecule has 2 fully saturated rings. The Morgan fingerprint density at radius 2 is 1.93 bits per heavy atom. The minimum absolute atomic E-state index is 0. The number of guanidine groups is 1. The Kier molecular flexibility index (Phi) is 9.36. The van der Waals surface area contributed by atoms with Crippen molar-refractivity contribution in [2.24, 2.45) is 10.9 Å². The van der Waals surface area contributed by atoms with Gasteiger partial charge in [0.05, 0.1) is 6.54 Å². The molecule has 0 aromatic heterocycles. The third-order valence-electron chi connectivity index (χ3n) is 6.14. The van der Waals surface area contributed by atoms with E-state index in [2.05, 4.69) is 54.5 Å². The van der Waals surface area contributed by atoms with Gasteiger partial charge >= 0.3 is 0 Å². The van der Waals surface area contributed by atoms with Gasteiger partial charge in [-0.1, -0.05) is 36.8 Å². The van der Waals surface area contributed by atoms with Crippen molar-refractivity contribution in [1.82, 2.24) is 10.2 Å². The maximum absolute atomic E-state index is 5.48. The highest BCUT2D eigenvalue weighted by molar-refractivity contribution is 14.0. The molecule has 2 aliphatic rings. The summed E-state index contributed by atoms with van der Waals surface area (Å²) in [4.78, 5) is 7.37. The van der Waals surface area contributed by atoms with Gasteiger partial charge in [-0.05, 0) is 50.5 Å². The average molecular weight is 485 g/mol. The fourth-order valence-corrected chi connectivity index (χ4v) is 4.15. The van der Waals surface area contributed by atoms with Crippen LogP contribution in [0.5, 0.6) is 0 Å². The molecule has 1 aliphatic carbocycles. The van der Waals surface area contributed by atoms with Crippen LogP contribution in [0.3, 0.4) is 0 Å². The summed E-state index contributed by atoms with van der Waals surface area (Å²) in [6, 6.07) is 11.0. The molecular weight excluding hydrogens is 449 g/mol. The Balaban J connectivity index is 0.00000261. The Morgan fingerprint density at radius 1 is 1.22 bits per heavy atom. The number of hydrogen-bond donors (Lipinski definition) is 1. The highest BCUT2D eigenvalue weighted by Crippen LogP contribution is 2.43. The largest absolute Gasteiger partial charge is 0.381 e. The van der Waals surface area contributed by atoms with Gasteiger partial charge in [-0.3, -0.25) is 4.99 Å². The molecule has 0 bridgehead atoms. The summed E-state index contributed by atoms with van der Waals surface area (Å²) in [5, 5.41) is 3.49. The van der Waals surface area contributed by atoms with Crippen molar-refractivity contribution in [3.05, 3.63) is 35.9 Å². The highest BCUT2D eigenvalue weighted by Gasteiger charge is 2.38. The van der Waals surface area contributed by atoms with Gasteiger partial charge in [0, 0.05) is 38.8 Å². The zero-order chi connectivity index (χ0) is 18.2. The van der Waals surface area contributed by atoms with E-state index < -0.39 is 0 Å². The molecule has 0 unspecified atom stereocenters. The predicted octanol–water partition coefficient (Wildman–Crippen LogP) is 4.44. The Hall–Kier alpha value is -0.820. The van der Waals surface area contributed by atoms with Crippen molar-refractivity contribution >= 4 is 29.9 Å². The normalized spacial score (nSPS) is 19.7. The van der Waals surface area contributed by atoms with E-state index in [0.717, 1.165) is 44.7 Å². The van der Waals surface area contributed by atoms with Crippen LogP contribution in [0.25, 0.3) is 0 Å². The molecule has 27 heavy (non-hydrogen) atoms. The molecule has 1 aromatic carbocycles. The van der Waals surface area contributed by atoms with E-state index in [0.29, 0.717) is 0 Å². The quantitative estimate of drug-likeness (QED) is 0.353. The molecule has 1 saturated heterocycles. The smallest absolute Gasteiger partial charge is 0.193 e. The Labute approximate surface area is 182 Å². The van der Waals surface area contributed by atoms with Gasteiger partial charge in [0.25, 0.3) is 0 Å². The highest BCUT2D eigenvalue weighted by atomic mass is 127. The minimum Gasteiger partial charge on any atom is -0.381 e. The predicted molar refractivity (Wildman–Crippen MR) is 124 cm³/mol. The van der Waals surface area contributed by atoms with Gasteiger partial charge in [-0.25, -0.2) is 0 Å². The molecule has 0 atom stereocenters. The van der Waals surface area contributed by atoms with Gasteiger partial charge in [-0.15, -0.1) is 24.0 Å². The fourth-order valence-electron chi connectivity index (χ4n) is 4.15. The second kappa shape index (κ2) is 11.2. The van der Waals surface area contributed by atoms with Gasteiger partial charge in [0.15, 0.2) is 5.96 Å². The lowest BCUT2D eigenvalue weighted by atomic mass is 9.64. The van der Waals surface area contributed by atoms with E-state index in [9.17, 15) is 0 Å². The molecule has 1 saturated carbocycles. The summed E-state index contributed by atoms with van der Waals surface area (Å²) in [6.45, 7) is 6.89. The topological polar surface area (TPSA) is 36.9 Å². The number of nitrogens with zero attached hydrogens (tertiary/aromatic N) is 2. The number of ether oxygens (including phenoxy) is 1. The standard InChI is InChI=1S/C22H35N3O.HI/c1-3-23-21(25(2)15-10-19-11-16-26-17-12-19)24-18-22(13-7-14-22)20-8-5-4-6-9-20;/h4-6,8-9,19H,3,7,10-18H2,1-2H3,(H,23,24);1H. The third kappa shape index (κ3) is 6.08. The van der Waals surface area contributed by atoms with Gasteiger partial charge in [0.1, 0.15) is 0 Å². The molecule has 0 spiro atoms. The average Bonchev–Trinajstić information content (AvgIpc) is 2.66. The minimum atomic E-state index is 0. The first-order valence-electron chi connectivity index (χ1n) is 10.4. The zero-order valence-electron chi connectivity index (χ0n) is 17.0. The van der Waals surface area contributed by atoms with Crippen molar-refractivity contribution in [2.45, 2.75) is 50.9 Å². The summed E-state index contributed by atoms with van der Waals surface area (Å²) in [5.41, 5.74) is 1.71. The van der Waals surface area contributed by atoms with Crippen LogP contribution in [0.15, 0.2) is 35.3 Å². The first kappa shape index (κ1) is 22.5. The molecule has 1 heterocycles. The second-order valence-electron chi connectivity index (χ2n) is 7.94. The molecule has 1 N–H and O–H groups in total. The van der Waals surface area contributed by atoms with Crippen molar-refractivity contribution in [1.29, 1.82) is 0 Å². The van der Waals surface area contributed by atoms with Crippen molar-refractivity contribution in [3.8, 4) is 0 Å². The van der Waals surface area contributed by atoms with Crippen LogP contribution in [0.4, 0.5) is 0 Å². The lowest BCUT2D eigenvalue weighted by molar-refractivity contribution is 0.0625. The number of benzene rings is 1. The van der Waals surface area contributed by atoms with Crippen LogP contribution in [0.1, 0.15) is 51.0 Å². The van der Waals surface area contributed by atoms with Crippen molar-refractivity contribution < 1.29 is 4.74 Å². The van der Waals surface area contributed by atoms with E-state index in [4.69, 9.17) is 9.73 Å². The maximum Gasteiger partial charge on any atom is 0.193 e. The summed E-state index contributed by atoms with van der Waals surface area (Å²) < 4.78 is 5.48. The lowest BCUT2D eigenvalue weighted by Crippen LogP contribution is -2.43. The summed E-state index contributed by atoms with van der Waals surface area (Å²) in [7, 11) is 2.18. The van der Waals surface area contributed by atoms with E-state index in [1.165, 1.54) is 44.1 Å². The number of rotatable bonds is 7. The van der Waals surface area contributed by atoms with Crippen molar-refractivity contribution in [2.75, 3.05) is 39.9 Å². The Bertz CT molecular complexity index is 568. The summed E-state index contributed by atoms with van der Waals surface area (Å²) in [6.07, 6.45) is 7.48. The number of nitrogens with one attached hydrogen (secondary N) is 1. The molecule has 0 amide bonds. The fraction of sp³-hybridized carbons (Fsp3) is 0.682. The molecule has 3 rings (SSSR count). The van der Waals surface area contributed by atoms with Gasteiger partial charge < -0.3 is 15.0 Å². The van der Waals surface area contributed by atoms with Crippen LogP contribution < -0.4 is 5.32 Å². The Morgan fingerprint density at radius 3 is 2.52 bits per heavy atom. The SMILES string of the molecule is CCNC(=NCC1(c2ccccc2)CCC1)N(C)CCC1CCOCC1.I. The third-order valence-corrected chi connectivity index (χ3v) is 6.14. The monoisotopic (exact) mass is 485 g/mol. The van der Waals surface area contributed by atoms with Crippen LogP contribution in [-0.4, -0.2) is 50.8 Å². The lowest BCUT2D eigenvalue weighted by Gasteiger charge is -2.41. The first-order chi connectivity index (χ1) is 12.7. The number of halogens is 1. The summed E-state index contributed by atoms with van der Waals surface area (Å²) >= 11 is 0. The molecule has 152 valence electrons. The van der Waals surface area contributed by atoms with E-state index in [1.54, 1.807) is 0 Å². The van der Waals surface area contributed by atoms with Crippen LogP contribution >= 0.6 is 24.0 Å². The molecule has 1 aromatic rings. The molecule has 4 nitrogen and oxygen atoms in total. The van der Waals surface area contributed by atoms with Crippen LogP contribution in [0, 0.1) is 5.92 Å². The van der Waals surface area contributed by atoms with Crippen LogP contribution in [0.2, 0.25) is 0 Å². The summed E-state index contributed by atoms with van der Waals surface area (Å²) in [5.74, 6) is 1.86. The van der Waals surface area contributed by atoms with E-state index in [-0.39, 0.29) is 29.4 Å². The molecule has 1 aliphatic heterocycles. The number of aliphatic imine (C=N–C) groups is 1. The van der Waals surface area contributed by atoms with Crippen molar-refractivity contribution in [3.63, 3.8) is 0 Å². The van der Waals surface area contributed by atoms with Crippen LogP contribution in [-0.2, 0) is 10.2 Å². The van der Waals surface area contributed by atoms with E-state index in [1.807, 2.05) is 0 Å². The number of hydrogen-bond acceptors (Lipinski definition) is 2. The molecule has 0 radical (unpaired) electrons. The molecular formula is C22H36IN3O. The second-order valence-corrected chi connectivity index (χ2v) is 7.94. The molecule has 5 heteroatoms. The first-order valence-corrected chi connectivity index (χ1v) is 10.4.